The molecule has 0 saturated heterocycles. The predicted molar refractivity (Wildman–Crippen MR) is 282 cm³/mol. The van der Waals surface area contributed by atoms with Crippen LogP contribution in [0.2, 0.25) is 0 Å². The zero-order chi connectivity index (χ0) is 48.6. The lowest BCUT2D eigenvalue weighted by atomic mass is 9.49. The van der Waals surface area contributed by atoms with Crippen molar-refractivity contribution in [1.82, 2.24) is 9.80 Å². The van der Waals surface area contributed by atoms with Crippen LogP contribution in [0.4, 0.5) is 0 Å². The fourth-order valence-corrected chi connectivity index (χ4v) is 16.8. The van der Waals surface area contributed by atoms with Gasteiger partial charge in [0.2, 0.25) is 0 Å². The maximum atomic E-state index is 14.9. The highest BCUT2D eigenvalue weighted by atomic mass is 16.2. The van der Waals surface area contributed by atoms with Crippen molar-refractivity contribution in [3.63, 3.8) is 0 Å². The summed E-state index contributed by atoms with van der Waals surface area (Å²) in [5.41, 5.74) is 10.4. The van der Waals surface area contributed by atoms with Crippen molar-refractivity contribution in [2.75, 3.05) is 13.1 Å². The van der Waals surface area contributed by atoms with Gasteiger partial charge in [0.1, 0.15) is 0 Å². The van der Waals surface area contributed by atoms with Gasteiger partial charge in [-0.3, -0.25) is 29.0 Å². The van der Waals surface area contributed by atoms with E-state index in [-0.39, 0.29) is 45.3 Å². The molecule has 0 spiro atoms. The molecule has 0 aromatic heterocycles. The normalized spacial score (nSPS) is 28.4. The van der Waals surface area contributed by atoms with E-state index in [9.17, 15) is 19.2 Å². The molecular weight excluding hydrogens is 861 g/mol. The molecule has 70 heavy (non-hydrogen) atoms. The molecule has 0 radical (unpaired) electrons. The summed E-state index contributed by atoms with van der Waals surface area (Å²) in [6.45, 7) is 19.4. The van der Waals surface area contributed by atoms with Crippen LogP contribution in [0.25, 0.3) is 43.1 Å². The molecule has 2 saturated carbocycles. The third-order valence-electron chi connectivity index (χ3n) is 20.2. The number of nitrogens with zero attached hydrogens (tertiary/aromatic N) is 2. The van der Waals surface area contributed by atoms with E-state index in [0.29, 0.717) is 69.8 Å². The number of carbonyl (C=O) groups is 4. The number of hydrogen-bond acceptors (Lipinski definition) is 4. The number of rotatable bonds is 6. The Morgan fingerprint density at radius 3 is 1.13 bits per heavy atom. The highest BCUT2D eigenvalue weighted by Crippen LogP contribution is 2.60. The SMILES string of the molecule is CC(C)c1ccc2c(c1)CC[C@H]1[C@@](C)(CN3C(=O)c4ccc5c6ccc7c8c(ccc(c9ccc(c4c59)C3=O)c86)C(=O)N(C[C@@]3(C)CCC[C@]4(C)c5ccc(C(C)C)cc5CC[C@@H]34)C7=O)CCC[C@]21C. The average Bonchev–Trinajstić information content (AvgIpc) is 3.34. The molecular formula is C64H66N2O4. The number of fused-ring (bicyclic) bond motifs is 8. The van der Waals surface area contributed by atoms with Crippen LogP contribution < -0.4 is 0 Å². The minimum atomic E-state index is -0.233. The second-order valence-corrected chi connectivity index (χ2v) is 24.7. The Balaban J connectivity index is 0.842. The van der Waals surface area contributed by atoms with Gasteiger partial charge in [-0.05, 0) is 187 Å². The van der Waals surface area contributed by atoms with Crippen LogP contribution in [0.5, 0.6) is 0 Å². The van der Waals surface area contributed by atoms with Gasteiger partial charge in [0.15, 0.2) is 0 Å². The zero-order valence-corrected chi connectivity index (χ0v) is 42.4. The fraction of sp³-hybridized carbons (Fsp3) is 0.438. The molecule has 7 aromatic carbocycles. The summed E-state index contributed by atoms with van der Waals surface area (Å²) in [5.74, 6) is 0.775. The first kappa shape index (κ1) is 44.1. The summed E-state index contributed by atoms with van der Waals surface area (Å²) in [6, 6.07) is 30.1. The first-order chi connectivity index (χ1) is 33.5. The maximum Gasteiger partial charge on any atom is 0.261 e. The minimum absolute atomic E-state index is 0.0186. The number of benzene rings is 7. The van der Waals surface area contributed by atoms with E-state index in [1.54, 1.807) is 9.80 Å². The maximum absolute atomic E-state index is 14.9. The molecule has 2 heterocycles. The highest BCUT2D eigenvalue weighted by molar-refractivity contribution is 6.41. The van der Waals surface area contributed by atoms with Crippen LogP contribution >= 0.6 is 0 Å². The van der Waals surface area contributed by atoms with Gasteiger partial charge in [0.25, 0.3) is 23.6 Å². The third kappa shape index (κ3) is 5.79. The van der Waals surface area contributed by atoms with Crippen LogP contribution in [-0.2, 0) is 23.7 Å². The van der Waals surface area contributed by atoms with E-state index in [2.05, 4.69) is 91.8 Å². The lowest BCUT2D eigenvalue weighted by Crippen LogP contribution is -2.55. The molecule has 13 rings (SSSR count). The quantitative estimate of drug-likeness (QED) is 0.0946. The number of carbonyl (C=O) groups excluding carboxylic acids is 4. The summed E-state index contributed by atoms with van der Waals surface area (Å²) < 4.78 is 0. The molecule has 2 aliphatic heterocycles. The smallest absolute Gasteiger partial charge is 0.261 e. The van der Waals surface area contributed by atoms with Gasteiger partial charge in [-0.25, -0.2) is 0 Å². The number of imide groups is 2. The molecule has 6 aliphatic rings. The van der Waals surface area contributed by atoms with Gasteiger partial charge in [-0.1, -0.05) is 129 Å². The van der Waals surface area contributed by atoms with E-state index in [1.165, 1.54) is 33.4 Å². The Morgan fingerprint density at radius 2 is 0.800 bits per heavy atom. The molecule has 6 nitrogen and oxygen atoms in total. The zero-order valence-electron chi connectivity index (χ0n) is 42.4. The van der Waals surface area contributed by atoms with E-state index in [0.717, 1.165) is 96.5 Å². The van der Waals surface area contributed by atoms with Gasteiger partial charge in [0.05, 0.1) is 0 Å². The first-order valence-corrected chi connectivity index (χ1v) is 26.6. The van der Waals surface area contributed by atoms with Crippen LogP contribution in [0.3, 0.4) is 0 Å². The van der Waals surface area contributed by atoms with Crippen molar-refractivity contribution in [3.8, 4) is 0 Å². The molecule has 6 heteroatoms. The highest BCUT2D eigenvalue weighted by Gasteiger charge is 2.55. The summed E-state index contributed by atoms with van der Waals surface area (Å²) in [7, 11) is 0. The molecule has 356 valence electrons. The number of amides is 4. The average molecular weight is 927 g/mol. The topological polar surface area (TPSA) is 74.8 Å². The van der Waals surface area contributed by atoms with Gasteiger partial charge >= 0.3 is 0 Å². The van der Waals surface area contributed by atoms with E-state index in [4.69, 9.17) is 0 Å². The Kier molecular flexibility index (Phi) is 9.35. The fourth-order valence-electron chi connectivity index (χ4n) is 16.8. The second kappa shape index (κ2) is 14.8. The van der Waals surface area contributed by atoms with E-state index >= 15 is 0 Å². The summed E-state index contributed by atoms with van der Waals surface area (Å²) in [4.78, 5) is 63.0. The number of hydrogen-bond donors (Lipinski definition) is 0. The van der Waals surface area contributed by atoms with Crippen molar-refractivity contribution in [2.24, 2.45) is 22.7 Å². The standard InChI is InChI=1S/C64H66N2O4/c1-35(2)37-11-23-49-39(31-37)13-25-51-61(5,27-9-29-63(49,51)7)33-65-57(67)45-19-15-41-43-17-21-47-56-48(22-18-44(54(43)56)42-16-20-46(58(65)68)55(45)53(41)42)60(70)66(59(47)69)34-62(6)28-10-30-64(8)50-24-12-38(36(3)4)32-40(50)14-26-52(62)64/h11-12,15-24,31-32,35-36,51-52H,9-10,13-14,25-30,33-34H2,1-8H3/t51-,52-,61+,62+,63+,64+/m0/s1. The Hall–Kier alpha value is -5.88. The molecule has 0 unspecified atom stereocenters. The van der Waals surface area contributed by atoms with Crippen LogP contribution in [0.15, 0.2) is 84.9 Å². The van der Waals surface area contributed by atoms with E-state index in [1.807, 2.05) is 48.5 Å². The van der Waals surface area contributed by atoms with E-state index < -0.39 is 0 Å². The summed E-state index contributed by atoms with van der Waals surface area (Å²) >= 11 is 0. The molecule has 4 aliphatic carbocycles. The Morgan fingerprint density at radius 1 is 0.457 bits per heavy atom. The monoisotopic (exact) mass is 927 g/mol. The van der Waals surface area contributed by atoms with Crippen LogP contribution in [0, 0.1) is 22.7 Å². The molecule has 7 aromatic rings. The lowest BCUT2D eigenvalue weighted by Gasteiger charge is -2.56. The summed E-state index contributed by atoms with van der Waals surface area (Å²) in [5, 5.41) is 6.90. The predicted octanol–water partition coefficient (Wildman–Crippen LogP) is 14.6. The molecule has 2 fully saturated rings. The number of aryl methyl sites for hydroxylation is 2. The Labute approximate surface area is 412 Å². The Bertz CT molecular complexity index is 3140. The van der Waals surface area contributed by atoms with Crippen LogP contribution in [-0.4, -0.2) is 46.5 Å². The van der Waals surface area contributed by atoms with Crippen molar-refractivity contribution in [2.45, 2.75) is 142 Å². The third-order valence-corrected chi connectivity index (χ3v) is 20.2. The van der Waals surface area contributed by atoms with Crippen LogP contribution in [0.1, 0.15) is 193 Å². The minimum Gasteiger partial charge on any atom is -0.274 e. The first-order valence-electron chi connectivity index (χ1n) is 26.6. The molecule has 0 bridgehead atoms. The summed E-state index contributed by atoms with van der Waals surface area (Å²) in [6.07, 6.45) is 10.4. The molecule has 6 atom stereocenters. The molecule has 4 amide bonds. The molecule has 0 N–H and O–H groups in total. The van der Waals surface area contributed by atoms with Gasteiger partial charge in [0, 0.05) is 46.1 Å². The van der Waals surface area contributed by atoms with Crippen molar-refractivity contribution >= 4 is 66.7 Å². The van der Waals surface area contributed by atoms with Gasteiger partial charge in [-0.2, -0.15) is 0 Å². The largest absolute Gasteiger partial charge is 0.274 e. The van der Waals surface area contributed by atoms with Gasteiger partial charge in [-0.15, -0.1) is 0 Å². The second-order valence-electron chi connectivity index (χ2n) is 24.7. The lowest BCUT2D eigenvalue weighted by molar-refractivity contribution is 0.000153. The van der Waals surface area contributed by atoms with Crippen molar-refractivity contribution in [1.29, 1.82) is 0 Å². The van der Waals surface area contributed by atoms with Crippen molar-refractivity contribution < 1.29 is 19.2 Å². The van der Waals surface area contributed by atoms with Crippen molar-refractivity contribution in [3.05, 3.63) is 141 Å². The van der Waals surface area contributed by atoms with Gasteiger partial charge < -0.3 is 0 Å².